The first-order valence-electron chi connectivity index (χ1n) is 7.87. The van der Waals surface area contributed by atoms with Gasteiger partial charge in [0.25, 0.3) is 0 Å². The number of ether oxygens (including phenoxy) is 2. The number of benzene rings is 1. The highest BCUT2D eigenvalue weighted by Gasteiger charge is 2.15. The summed E-state index contributed by atoms with van der Waals surface area (Å²) in [5, 5.41) is 5.20. The van der Waals surface area contributed by atoms with Crippen molar-refractivity contribution in [2.75, 3.05) is 25.1 Å². The van der Waals surface area contributed by atoms with E-state index in [1.54, 1.807) is 0 Å². The van der Waals surface area contributed by atoms with Crippen LogP contribution in [-0.2, 0) is 19.1 Å². The second kappa shape index (κ2) is 9.97. The predicted octanol–water partition coefficient (Wildman–Crippen LogP) is 2.15. The number of aryl methyl sites for hydroxylation is 2. The highest BCUT2D eigenvalue weighted by Crippen LogP contribution is 2.16. The van der Waals surface area contributed by atoms with Crippen LogP contribution in [0.4, 0.5) is 5.69 Å². The third-order valence-corrected chi connectivity index (χ3v) is 3.22. The normalized spacial score (nSPS) is 10.7. The Bertz CT molecular complexity index is 525. The zero-order valence-electron chi connectivity index (χ0n) is 14.3. The van der Waals surface area contributed by atoms with E-state index in [0.717, 1.165) is 11.1 Å². The summed E-state index contributed by atoms with van der Waals surface area (Å²) in [6.07, 6.45) is 0.122. The maximum Gasteiger partial charge on any atom is 0.313 e. The van der Waals surface area contributed by atoms with Gasteiger partial charge in [-0.25, -0.2) is 0 Å². The first kappa shape index (κ1) is 19.1. The van der Waals surface area contributed by atoms with Gasteiger partial charge in [-0.2, -0.15) is 0 Å². The van der Waals surface area contributed by atoms with Gasteiger partial charge in [-0.05, 0) is 44.9 Å². The lowest BCUT2D eigenvalue weighted by Gasteiger charge is -2.17. The Morgan fingerprint density at radius 2 is 1.74 bits per heavy atom. The lowest BCUT2D eigenvalue weighted by atomic mass is 10.1. The molecule has 128 valence electrons. The molecule has 0 fully saturated rings. The topological polar surface area (TPSA) is 76.7 Å². The Morgan fingerprint density at radius 1 is 1.09 bits per heavy atom. The summed E-state index contributed by atoms with van der Waals surface area (Å²) in [6, 6.07) is 5.69. The molecule has 23 heavy (non-hydrogen) atoms. The van der Waals surface area contributed by atoms with E-state index in [1.807, 2.05) is 45.9 Å². The summed E-state index contributed by atoms with van der Waals surface area (Å²) in [5.41, 5.74) is 2.57. The quantitative estimate of drug-likeness (QED) is 0.568. The molecule has 2 N–H and O–H groups in total. The zero-order chi connectivity index (χ0) is 17.2. The molecular weight excluding hydrogens is 296 g/mol. The van der Waals surface area contributed by atoms with Crippen LogP contribution in [0.5, 0.6) is 0 Å². The van der Waals surface area contributed by atoms with Crippen molar-refractivity contribution in [2.24, 2.45) is 0 Å². The van der Waals surface area contributed by atoms with Gasteiger partial charge in [0.2, 0.25) is 0 Å². The second-order valence-corrected chi connectivity index (χ2v) is 5.16. The van der Waals surface area contributed by atoms with Crippen LogP contribution in [0.25, 0.3) is 0 Å². The van der Waals surface area contributed by atoms with Crippen molar-refractivity contribution in [3.8, 4) is 0 Å². The van der Waals surface area contributed by atoms with Crippen LogP contribution >= 0.6 is 0 Å². The Morgan fingerprint density at radius 3 is 2.35 bits per heavy atom. The lowest BCUT2D eigenvalue weighted by Crippen LogP contribution is -2.37. The van der Waals surface area contributed by atoms with E-state index in [0.29, 0.717) is 31.9 Å². The number of hydrogen-bond donors (Lipinski definition) is 2. The molecule has 0 spiro atoms. The van der Waals surface area contributed by atoms with Crippen LogP contribution in [0.3, 0.4) is 0 Å². The summed E-state index contributed by atoms with van der Waals surface area (Å²) in [5.74, 6) is -1.35. The molecule has 1 aromatic rings. The Kier molecular flexibility index (Phi) is 8.29. The molecule has 0 aliphatic rings. The summed E-state index contributed by atoms with van der Waals surface area (Å²) in [7, 11) is 0. The van der Waals surface area contributed by atoms with Crippen LogP contribution in [0.1, 0.15) is 31.4 Å². The van der Waals surface area contributed by atoms with Gasteiger partial charge in [0.15, 0.2) is 6.29 Å². The molecule has 0 aliphatic carbocycles. The summed E-state index contributed by atoms with van der Waals surface area (Å²) < 4.78 is 10.8. The molecule has 0 heterocycles. The van der Waals surface area contributed by atoms with Crippen LogP contribution in [-0.4, -0.2) is 37.9 Å². The van der Waals surface area contributed by atoms with Crippen molar-refractivity contribution in [1.29, 1.82) is 0 Å². The number of anilines is 1. The molecule has 0 aromatic heterocycles. The molecule has 6 nitrogen and oxygen atoms in total. The molecule has 0 saturated heterocycles. The van der Waals surface area contributed by atoms with Crippen LogP contribution in [0.2, 0.25) is 0 Å². The molecular formula is C17H26N2O4. The maximum atomic E-state index is 11.9. The highest BCUT2D eigenvalue weighted by atomic mass is 16.7. The van der Waals surface area contributed by atoms with Gasteiger partial charge in [0, 0.05) is 31.9 Å². The van der Waals surface area contributed by atoms with E-state index in [9.17, 15) is 9.59 Å². The molecule has 2 amide bonds. The number of carbonyl (C=O) groups excluding carboxylic acids is 2. The molecule has 0 bridgehead atoms. The number of carbonyl (C=O) groups is 2. The van der Waals surface area contributed by atoms with E-state index in [4.69, 9.17) is 9.47 Å². The average molecular weight is 322 g/mol. The monoisotopic (exact) mass is 322 g/mol. The van der Waals surface area contributed by atoms with Crippen molar-refractivity contribution in [1.82, 2.24) is 5.32 Å². The number of nitrogens with one attached hydrogen (secondary N) is 2. The smallest absolute Gasteiger partial charge is 0.313 e. The highest BCUT2D eigenvalue weighted by molar-refractivity contribution is 6.39. The van der Waals surface area contributed by atoms with E-state index >= 15 is 0 Å². The maximum absolute atomic E-state index is 11.9. The SMILES string of the molecule is CCOC(CCNC(=O)C(=O)Nc1cc(C)ccc1C)OCC. The lowest BCUT2D eigenvalue weighted by molar-refractivity contribution is -0.142. The predicted molar refractivity (Wildman–Crippen MR) is 89.2 cm³/mol. The number of hydrogen-bond acceptors (Lipinski definition) is 4. The molecule has 0 atom stereocenters. The molecule has 1 aromatic carbocycles. The third-order valence-electron chi connectivity index (χ3n) is 3.22. The fourth-order valence-corrected chi connectivity index (χ4v) is 2.02. The fraction of sp³-hybridized carbons (Fsp3) is 0.529. The van der Waals surface area contributed by atoms with Crippen molar-refractivity contribution >= 4 is 17.5 Å². The molecule has 0 radical (unpaired) electrons. The summed E-state index contributed by atoms with van der Waals surface area (Å²) in [4.78, 5) is 23.8. The standard InChI is InChI=1S/C17H26N2O4/c1-5-22-15(23-6-2)9-10-18-16(20)17(21)19-14-11-12(3)7-8-13(14)4/h7-8,11,15H,5-6,9-10H2,1-4H3,(H,18,20)(H,19,21). The Balaban J connectivity index is 2.45. The summed E-state index contributed by atoms with van der Waals surface area (Å²) in [6.45, 7) is 8.93. The van der Waals surface area contributed by atoms with E-state index in [1.165, 1.54) is 0 Å². The third kappa shape index (κ3) is 6.80. The number of amides is 2. The van der Waals surface area contributed by atoms with Crippen molar-refractivity contribution in [2.45, 2.75) is 40.4 Å². The van der Waals surface area contributed by atoms with Crippen LogP contribution < -0.4 is 10.6 Å². The van der Waals surface area contributed by atoms with Gasteiger partial charge >= 0.3 is 11.8 Å². The van der Waals surface area contributed by atoms with Crippen molar-refractivity contribution in [3.63, 3.8) is 0 Å². The van der Waals surface area contributed by atoms with Crippen molar-refractivity contribution in [3.05, 3.63) is 29.3 Å². The van der Waals surface area contributed by atoms with Gasteiger partial charge in [0.05, 0.1) is 0 Å². The van der Waals surface area contributed by atoms with Gasteiger partial charge in [-0.15, -0.1) is 0 Å². The Labute approximate surface area is 137 Å². The van der Waals surface area contributed by atoms with Gasteiger partial charge in [-0.1, -0.05) is 12.1 Å². The van der Waals surface area contributed by atoms with Gasteiger partial charge in [0.1, 0.15) is 0 Å². The zero-order valence-corrected chi connectivity index (χ0v) is 14.3. The molecule has 0 saturated carbocycles. The van der Waals surface area contributed by atoms with E-state index in [-0.39, 0.29) is 6.29 Å². The first-order chi connectivity index (χ1) is 11.0. The fourth-order valence-electron chi connectivity index (χ4n) is 2.02. The first-order valence-corrected chi connectivity index (χ1v) is 7.87. The minimum Gasteiger partial charge on any atom is -0.353 e. The molecule has 1 rings (SSSR count). The van der Waals surface area contributed by atoms with E-state index in [2.05, 4.69) is 10.6 Å². The average Bonchev–Trinajstić information content (AvgIpc) is 2.51. The number of rotatable bonds is 8. The Hall–Kier alpha value is -1.92. The molecule has 0 unspecified atom stereocenters. The minimum absolute atomic E-state index is 0.309. The van der Waals surface area contributed by atoms with Crippen LogP contribution in [0.15, 0.2) is 18.2 Å². The van der Waals surface area contributed by atoms with E-state index < -0.39 is 11.8 Å². The van der Waals surface area contributed by atoms with Gasteiger partial charge < -0.3 is 20.1 Å². The van der Waals surface area contributed by atoms with Gasteiger partial charge in [-0.3, -0.25) is 9.59 Å². The summed E-state index contributed by atoms with van der Waals surface area (Å²) >= 11 is 0. The largest absolute Gasteiger partial charge is 0.353 e. The second-order valence-electron chi connectivity index (χ2n) is 5.16. The van der Waals surface area contributed by atoms with Crippen LogP contribution in [0, 0.1) is 13.8 Å². The van der Waals surface area contributed by atoms with Crippen molar-refractivity contribution < 1.29 is 19.1 Å². The molecule has 0 aliphatic heterocycles. The molecule has 6 heteroatoms. The minimum atomic E-state index is -0.678.